The van der Waals surface area contributed by atoms with Crippen LogP contribution in [0.25, 0.3) is 0 Å². The van der Waals surface area contributed by atoms with Crippen LogP contribution in [0.1, 0.15) is 28.8 Å². The number of rotatable bonds is 9. The number of ketones is 1. The summed E-state index contributed by atoms with van der Waals surface area (Å²) in [5.41, 5.74) is 7.54. The number of carbonyl (C=O) groups excluding carboxylic acids is 3. The minimum atomic E-state index is -2.68. The smallest absolute Gasteiger partial charge is 0.371 e. The van der Waals surface area contributed by atoms with Gasteiger partial charge in [-0.05, 0) is 66.9 Å². The van der Waals surface area contributed by atoms with Gasteiger partial charge in [-0.15, -0.1) is 0 Å². The van der Waals surface area contributed by atoms with E-state index in [4.69, 9.17) is 10.5 Å². The number of hydrogen-bond donors (Lipinski definition) is 1. The van der Waals surface area contributed by atoms with E-state index in [1.165, 1.54) is 41.2 Å². The minimum absolute atomic E-state index is 0.116. The van der Waals surface area contributed by atoms with E-state index in [0.29, 0.717) is 30.0 Å². The van der Waals surface area contributed by atoms with E-state index >= 15 is 4.39 Å². The van der Waals surface area contributed by atoms with Crippen LogP contribution in [0.15, 0.2) is 78.9 Å². The second kappa shape index (κ2) is 11.2. The lowest BCUT2D eigenvalue weighted by atomic mass is 10.1. The van der Waals surface area contributed by atoms with E-state index < -0.39 is 23.8 Å². The molecule has 0 aliphatic carbocycles. The fourth-order valence-corrected chi connectivity index (χ4v) is 4.27. The summed E-state index contributed by atoms with van der Waals surface area (Å²) in [5, 5.41) is 0. The van der Waals surface area contributed by atoms with E-state index in [1.807, 2.05) is 6.07 Å². The molecule has 1 aliphatic rings. The molecule has 37 heavy (non-hydrogen) atoms. The van der Waals surface area contributed by atoms with Gasteiger partial charge < -0.3 is 15.2 Å². The number of alkyl halides is 1. The van der Waals surface area contributed by atoms with E-state index in [9.17, 15) is 14.4 Å². The van der Waals surface area contributed by atoms with Gasteiger partial charge in [0.2, 0.25) is 5.78 Å². The Balaban J connectivity index is 1.53. The van der Waals surface area contributed by atoms with Crippen molar-refractivity contribution in [3.63, 3.8) is 0 Å². The SMILES string of the molecule is COC(=O)c1ccc(OC(F)(C(=O)Cc2ccc(N(C(N)=O)c3ccccc3)cc2)N2CCCC2)cc1. The number of nitrogens with zero attached hydrogens (tertiary/aromatic N) is 2. The molecule has 0 saturated carbocycles. The lowest BCUT2D eigenvalue weighted by Crippen LogP contribution is -2.55. The molecule has 9 heteroatoms. The number of benzene rings is 3. The molecule has 8 nitrogen and oxygen atoms in total. The highest BCUT2D eigenvalue weighted by Crippen LogP contribution is 2.31. The molecule has 3 aromatic rings. The van der Waals surface area contributed by atoms with Gasteiger partial charge in [-0.3, -0.25) is 9.69 Å². The van der Waals surface area contributed by atoms with Crippen molar-refractivity contribution in [2.45, 2.75) is 25.2 Å². The number of halogens is 1. The van der Waals surface area contributed by atoms with Crippen LogP contribution in [0.3, 0.4) is 0 Å². The summed E-state index contributed by atoms with van der Waals surface area (Å²) < 4.78 is 26.6. The number of nitrogens with two attached hydrogens (primary N) is 1. The number of urea groups is 1. The molecule has 0 aromatic heterocycles. The summed E-state index contributed by atoms with van der Waals surface area (Å²) in [4.78, 5) is 39.8. The Morgan fingerprint density at radius 2 is 1.51 bits per heavy atom. The first-order valence-electron chi connectivity index (χ1n) is 11.9. The van der Waals surface area contributed by atoms with Crippen LogP contribution < -0.4 is 15.4 Å². The Morgan fingerprint density at radius 1 is 0.919 bits per heavy atom. The summed E-state index contributed by atoms with van der Waals surface area (Å²) >= 11 is 0. The highest BCUT2D eigenvalue weighted by atomic mass is 19.2. The number of ether oxygens (including phenoxy) is 2. The normalized spacial score (nSPS) is 15.0. The highest BCUT2D eigenvalue weighted by molar-refractivity contribution is 5.98. The number of primary amides is 1. The van der Waals surface area contributed by atoms with Crippen LogP contribution in [0.2, 0.25) is 0 Å². The highest BCUT2D eigenvalue weighted by Gasteiger charge is 2.48. The molecule has 3 aromatic carbocycles. The number of esters is 1. The fourth-order valence-electron chi connectivity index (χ4n) is 4.27. The maximum Gasteiger partial charge on any atom is 0.371 e. The Hall–Kier alpha value is -4.24. The Kier molecular flexibility index (Phi) is 7.83. The molecule has 2 amide bonds. The average Bonchev–Trinajstić information content (AvgIpc) is 3.46. The molecule has 0 radical (unpaired) electrons. The molecular formula is C28H28FN3O5. The van der Waals surface area contributed by atoms with Crippen molar-refractivity contribution in [2.75, 3.05) is 25.1 Å². The number of Topliss-reactive ketones (excluding diaryl/α,β-unsaturated/α-hetero) is 1. The third-order valence-electron chi connectivity index (χ3n) is 6.18. The quantitative estimate of drug-likeness (QED) is 0.337. The van der Waals surface area contributed by atoms with Crippen LogP contribution in [0, 0.1) is 0 Å². The van der Waals surface area contributed by atoms with Crippen LogP contribution in [-0.4, -0.2) is 48.9 Å². The van der Waals surface area contributed by atoms with Gasteiger partial charge in [0, 0.05) is 19.5 Å². The zero-order valence-electron chi connectivity index (χ0n) is 20.4. The van der Waals surface area contributed by atoms with Gasteiger partial charge in [-0.1, -0.05) is 30.3 Å². The Morgan fingerprint density at radius 3 is 2.08 bits per heavy atom. The number of carbonyl (C=O) groups is 3. The third kappa shape index (κ3) is 5.78. The van der Waals surface area contributed by atoms with Crippen molar-refractivity contribution in [2.24, 2.45) is 5.73 Å². The zero-order chi connectivity index (χ0) is 26.4. The van der Waals surface area contributed by atoms with Crippen LogP contribution in [-0.2, 0) is 16.0 Å². The summed E-state index contributed by atoms with van der Waals surface area (Å²) in [6.07, 6.45) is 1.27. The van der Waals surface area contributed by atoms with Crippen molar-refractivity contribution in [1.82, 2.24) is 4.90 Å². The fraction of sp³-hybridized carbons (Fsp3) is 0.250. The van der Waals surface area contributed by atoms with Gasteiger partial charge in [0.05, 0.1) is 24.0 Å². The molecule has 192 valence electrons. The van der Waals surface area contributed by atoms with Gasteiger partial charge in [0.15, 0.2) is 0 Å². The van der Waals surface area contributed by atoms with Gasteiger partial charge in [-0.2, -0.15) is 4.39 Å². The second-order valence-electron chi connectivity index (χ2n) is 8.65. The van der Waals surface area contributed by atoms with E-state index in [1.54, 1.807) is 48.5 Å². The molecule has 1 aliphatic heterocycles. The number of anilines is 2. The summed E-state index contributed by atoms with van der Waals surface area (Å²) in [6.45, 7) is 0.762. The van der Waals surface area contributed by atoms with E-state index in [-0.39, 0.29) is 17.7 Å². The summed E-state index contributed by atoms with van der Waals surface area (Å²) in [6, 6.07) is 20.7. The first-order chi connectivity index (χ1) is 17.8. The molecule has 2 N–H and O–H groups in total. The molecule has 0 bridgehead atoms. The molecule has 0 spiro atoms. The number of methoxy groups -OCH3 is 1. The number of likely N-dealkylation sites (tertiary alicyclic amines) is 1. The van der Waals surface area contributed by atoms with E-state index in [2.05, 4.69) is 4.74 Å². The second-order valence-corrected chi connectivity index (χ2v) is 8.65. The van der Waals surface area contributed by atoms with Gasteiger partial charge in [0.25, 0.3) is 0 Å². The summed E-state index contributed by atoms with van der Waals surface area (Å²) in [5.74, 6) is -3.84. The van der Waals surface area contributed by atoms with Crippen molar-refractivity contribution < 1.29 is 28.2 Å². The summed E-state index contributed by atoms with van der Waals surface area (Å²) in [7, 11) is 1.27. The van der Waals surface area contributed by atoms with Crippen LogP contribution in [0.4, 0.5) is 20.6 Å². The molecule has 1 saturated heterocycles. The van der Waals surface area contributed by atoms with Gasteiger partial charge >= 0.3 is 18.0 Å². The molecule has 1 unspecified atom stereocenters. The predicted molar refractivity (Wildman–Crippen MR) is 136 cm³/mol. The number of hydrogen-bond acceptors (Lipinski definition) is 6. The van der Waals surface area contributed by atoms with Crippen molar-refractivity contribution in [3.05, 3.63) is 90.0 Å². The maximum absolute atomic E-state index is 16.3. The predicted octanol–water partition coefficient (Wildman–Crippen LogP) is 4.60. The minimum Gasteiger partial charge on any atom is -0.465 e. The number of amides is 2. The Bertz CT molecular complexity index is 1250. The standard InChI is InChI=1S/C28H28FN3O5/c1-36-26(34)21-11-15-24(16-12-21)37-28(29,31-17-5-6-18-31)25(33)19-20-9-13-23(14-10-20)32(27(30)35)22-7-3-2-4-8-22/h2-4,7-16H,5-6,17-19H2,1H3,(H2,30,35). The molecular weight excluding hydrogens is 477 g/mol. The van der Waals surface area contributed by atoms with Crippen LogP contribution >= 0.6 is 0 Å². The number of para-hydroxylation sites is 1. The third-order valence-corrected chi connectivity index (χ3v) is 6.18. The van der Waals surface area contributed by atoms with Gasteiger partial charge in [0.1, 0.15) is 5.75 Å². The van der Waals surface area contributed by atoms with Crippen molar-refractivity contribution in [1.29, 1.82) is 0 Å². The first kappa shape index (κ1) is 25.8. The lowest BCUT2D eigenvalue weighted by molar-refractivity contribution is -0.191. The molecule has 1 heterocycles. The lowest BCUT2D eigenvalue weighted by Gasteiger charge is -2.33. The zero-order valence-corrected chi connectivity index (χ0v) is 20.4. The molecule has 1 fully saturated rings. The van der Waals surface area contributed by atoms with Crippen molar-refractivity contribution in [3.8, 4) is 5.75 Å². The van der Waals surface area contributed by atoms with Gasteiger partial charge in [-0.25, -0.2) is 14.5 Å². The first-order valence-corrected chi connectivity index (χ1v) is 11.9. The van der Waals surface area contributed by atoms with Crippen molar-refractivity contribution >= 4 is 29.2 Å². The van der Waals surface area contributed by atoms with Crippen LogP contribution in [0.5, 0.6) is 5.75 Å². The maximum atomic E-state index is 16.3. The Labute approximate surface area is 214 Å². The monoisotopic (exact) mass is 505 g/mol. The van der Waals surface area contributed by atoms with E-state index in [0.717, 1.165) is 12.8 Å². The largest absolute Gasteiger partial charge is 0.465 e. The molecule has 1 atom stereocenters. The average molecular weight is 506 g/mol. The molecule has 4 rings (SSSR count). The topological polar surface area (TPSA) is 102 Å².